The molecule has 9 heteroatoms. The van der Waals surface area contributed by atoms with Gasteiger partial charge in [-0.05, 0) is 13.0 Å². The topological polar surface area (TPSA) is 163 Å². The zero-order valence-corrected chi connectivity index (χ0v) is 11.9. The minimum absolute atomic E-state index is 0.183. The lowest BCUT2D eigenvalue weighted by molar-refractivity contribution is -0.126. The number of rotatable bonds is 5. The predicted molar refractivity (Wildman–Crippen MR) is 74.9 cm³/mol. The summed E-state index contributed by atoms with van der Waals surface area (Å²) in [6.45, 7) is 2.28. The summed E-state index contributed by atoms with van der Waals surface area (Å²) in [4.78, 5) is 15.3. The third-order valence-electron chi connectivity index (χ3n) is 3.04. The second-order valence-electron chi connectivity index (χ2n) is 4.87. The van der Waals surface area contributed by atoms with Crippen LogP contribution < -0.4 is 16.8 Å². The maximum atomic E-state index is 11.3. The van der Waals surface area contributed by atoms with Crippen LogP contribution in [0.4, 0.5) is 0 Å². The Morgan fingerprint density at radius 3 is 2.62 bits per heavy atom. The van der Waals surface area contributed by atoms with Crippen molar-refractivity contribution < 1.29 is 24.9 Å². The summed E-state index contributed by atoms with van der Waals surface area (Å²) in [7, 11) is 0. The van der Waals surface area contributed by atoms with Gasteiger partial charge in [0.05, 0.1) is 24.4 Å². The molecule has 8 N–H and O–H groups in total. The quantitative estimate of drug-likeness (QED) is 0.138. The monoisotopic (exact) mass is 305 g/mol. The van der Waals surface area contributed by atoms with Crippen LogP contribution in [0, 0.1) is 0 Å². The number of hydrogen-bond acceptors (Lipinski definition) is 6. The van der Waals surface area contributed by atoms with Crippen molar-refractivity contribution in [1.82, 2.24) is 5.32 Å². The normalized spacial score (nSPS) is 27.9. The number of ether oxygens (including phenoxy) is 1. The van der Waals surface area contributed by atoms with Gasteiger partial charge in [-0.3, -0.25) is 4.79 Å². The fourth-order valence-electron chi connectivity index (χ4n) is 2.17. The standard InChI is InChI=1S/C12H22N4O5/c1-5-3-7(16-12(13)14)9(15-6(2)18)11(21-5)10(20)8(19)4-17/h3,7-11,17,19-20H,4H2,1-2H3,(H,15,18)(H4,13,14,16)/t7-,8+,9+,10+,11-/m0/s1/i12+1,13+1,14+1. The molecular formula is C12H22N4O5. The maximum Gasteiger partial charge on any atom is 0.217 e. The number of nitrogens with zero attached hydrogens (tertiary/aromatic N) is 1. The Kier molecular flexibility index (Phi) is 5.94. The molecule has 0 aromatic carbocycles. The Morgan fingerprint density at radius 2 is 2.14 bits per heavy atom. The molecule has 9 nitrogen and oxygen atoms in total. The molecule has 1 aliphatic heterocycles. The van der Waals surface area contributed by atoms with Gasteiger partial charge in [-0.15, -0.1) is 0 Å². The zero-order chi connectivity index (χ0) is 16.2. The van der Waals surface area contributed by atoms with Gasteiger partial charge in [0.2, 0.25) is 5.91 Å². The van der Waals surface area contributed by atoms with Gasteiger partial charge in [0.1, 0.15) is 18.3 Å². The van der Waals surface area contributed by atoms with Crippen LogP contribution in [0.2, 0.25) is 0 Å². The van der Waals surface area contributed by atoms with E-state index >= 15 is 0 Å². The highest BCUT2D eigenvalue weighted by Gasteiger charge is 2.41. The summed E-state index contributed by atoms with van der Waals surface area (Å²) in [5, 5.41) is 31.2. The highest BCUT2D eigenvalue weighted by atomic mass is 16.5. The molecule has 5 atom stereocenters. The van der Waals surface area contributed by atoms with Crippen LogP contribution in [-0.2, 0) is 9.53 Å². The first-order chi connectivity index (χ1) is 9.76. The number of aliphatic hydroxyl groups is 3. The van der Waals surface area contributed by atoms with Crippen LogP contribution in [0.3, 0.4) is 0 Å². The number of nitrogens with one attached hydrogen (secondary N) is 1. The van der Waals surface area contributed by atoms with E-state index in [1.807, 2.05) is 0 Å². The van der Waals surface area contributed by atoms with Crippen molar-refractivity contribution in [3.8, 4) is 0 Å². The van der Waals surface area contributed by atoms with Gasteiger partial charge in [0, 0.05) is 6.92 Å². The number of hydrogen-bond donors (Lipinski definition) is 6. The molecule has 0 fully saturated rings. The average molecular weight is 305 g/mol. The third-order valence-corrected chi connectivity index (χ3v) is 3.04. The molecule has 1 rings (SSSR count). The van der Waals surface area contributed by atoms with Crippen molar-refractivity contribution in [2.45, 2.75) is 44.2 Å². The number of carbonyl (C=O) groups is 1. The summed E-state index contributed by atoms with van der Waals surface area (Å²) in [6.07, 6.45) is -2.26. The second-order valence-corrected chi connectivity index (χ2v) is 4.87. The van der Waals surface area contributed by atoms with E-state index in [-0.39, 0.29) is 11.9 Å². The van der Waals surface area contributed by atoms with E-state index in [4.69, 9.17) is 21.3 Å². The Morgan fingerprint density at radius 1 is 1.52 bits per heavy atom. The van der Waals surface area contributed by atoms with Crippen LogP contribution in [0.25, 0.3) is 0 Å². The van der Waals surface area contributed by atoms with Crippen molar-refractivity contribution in [2.75, 3.05) is 6.61 Å². The third kappa shape index (κ3) is 4.59. The lowest BCUT2D eigenvalue weighted by atomic mass is 9.92. The summed E-state index contributed by atoms with van der Waals surface area (Å²) in [5.41, 5.74) is 10.7. The SMILES string of the molecule is CC(=O)N[C@H]1[C@@H]([C@H](O)[C@H](O)CO)OC(C)=C[C@@H]1N=[13C]([15NH2])[15NH2]. The molecule has 0 radical (unpaired) electrons. The van der Waals surface area contributed by atoms with E-state index in [0.29, 0.717) is 5.76 Å². The molecule has 21 heavy (non-hydrogen) atoms. The molecule has 0 unspecified atom stereocenters. The van der Waals surface area contributed by atoms with Crippen LogP contribution in [0.5, 0.6) is 0 Å². The number of allylic oxidation sites excluding steroid dienone is 1. The predicted octanol–water partition coefficient (Wildman–Crippen LogP) is -2.85. The average Bonchev–Trinajstić information content (AvgIpc) is 2.38. The molecule has 0 saturated carbocycles. The fraction of sp³-hybridized carbons (Fsp3) is 0.667. The van der Waals surface area contributed by atoms with E-state index in [0.717, 1.165) is 0 Å². The Bertz CT molecular complexity index is 435. The van der Waals surface area contributed by atoms with Crippen LogP contribution in [-0.4, -0.2) is 64.2 Å². The Hall–Kier alpha value is -1.84. The first-order valence-electron chi connectivity index (χ1n) is 6.44. The maximum absolute atomic E-state index is 11.3. The first kappa shape index (κ1) is 17.2. The van der Waals surface area contributed by atoms with Gasteiger partial charge < -0.3 is 36.8 Å². The number of aliphatic hydroxyl groups excluding tert-OH is 3. The van der Waals surface area contributed by atoms with Gasteiger partial charge in [-0.25, -0.2) is 4.99 Å². The zero-order valence-electron chi connectivity index (χ0n) is 11.9. The van der Waals surface area contributed by atoms with Gasteiger partial charge in [0.15, 0.2) is 5.96 Å². The van der Waals surface area contributed by atoms with E-state index in [2.05, 4.69) is 10.3 Å². The lowest BCUT2D eigenvalue weighted by Gasteiger charge is -2.38. The minimum atomic E-state index is -1.42. The highest BCUT2D eigenvalue weighted by molar-refractivity contribution is 5.76. The second kappa shape index (κ2) is 7.25. The molecule has 0 spiro atoms. The molecule has 0 saturated heterocycles. The molecule has 0 aliphatic carbocycles. The molecule has 1 aliphatic rings. The Labute approximate surface area is 122 Å². The van der Waals surface area contributed by atoms with Gasteiger partial charge >= 0.3 is 0 Å². The smallest absolute Gasteiger partial charge is 0.217 e. The van der Waals surface area contributed by atoms with Crippen molar-refractivity contribution in [3.05, 3.63) is 11.8 Å². The number of carbonyl (C=O) groups excluding carboxylic acids is 1. The van der Waals surface area contributed by atoms with Crippen molar-refractivity contribution in [2.24, 2.45) is 16.5 Å². The van der Waals surface area contributed by atoms with Gasteiger partial charge in [-0.2, -0.15) is 0 Å². The Balaban J connectivity index is 3.12. The number of aliphatic imine (C=N–C) groups is 1. The lowest BCUT2D eigenvalue weighted by Crippen LogP contribution is -2.59. The summed E-state index contributed by atoms with van der Waals surface area (Å²) >= 11 is 0. The molecule has 0 aromatic rings. The van der Waals surface area contributed by atoms with Crippen molar-refractivity contribution in [3.63, 3.8) is 0 Å². The summed E-state index contributed by atoms with van der Waals surface area (Å²) in [6, 6.07) is -1.44. The van der Waals surface area contributed by atoms with Crippen LogP contribution >= 0.6 is 0 Å². The largest absolute Gasteiger partial charge is 0.490 e. The van der Waals surface area contributed by atoms with E-state index < -0.39 is 37.0 Å². The molecule has 0 bridgehead atoms. The van der Waals surface area contributed by atoms with E-state index in [9.17, 15) is 15.0 Å². The fourth-order valence-corrected chi connectivity index (χ4v) is 2.17. The van der Waals surface area contributed by atoms with Crippen LogP contribution in [0.15, 0.2) is 16.8 Å². The molecule has 0 aromatic heterocycles. The number of amides is 1. The molecular weight excluding hydrogens is 283 g/mol. The van der Waals surface area contributed by atoms with Gasteiger partial charge in [-0.1, -0.05) is 0 Å². The molecule has 120 valence electrons. The van der Waals surface area contributed by atoms with Crippen LogP contribution in [0.1, 0.15) is 13.8 Å². The van der Waals surface area contributed by atoms with Crippen molar-refractivity contribution in [1.29, 1.82) is 0 Å². The van der Waals surface area contributed by atoms with Crippen molar-refractivity contribution >= 4 is 11.9 Å². The molecule has 1 heterocycles. The summed E-state index contributed by atoms with van der Waals surface area (Å²) in [5.74, 6) is -0.124. The van der Waals surface area contributed by atoms with Gasteiger partial charge in [0.25, 0.3) is 0 Å². The minimum Gasteiger partial charge on any atom is -0.490 e. The van der Waals surface area contributed by atoms with E-state index in [1.165, 1.54) is 6.92 Å². The highest BCUT2D eigenvalue weighted by Crippen LogP contribution is 2.24. The number of guanidine groups is 1. The molecule has 1 amide bonds. The van der Waals surface area contributed by atoms with E-state index in [1.54, 1.807) is 13.0 Å². The summed E-state index contributed by atoms with van der Waals surface area (Å²) < 4.78 is 5.47. The first-order valence-corrected chi connectivity index (χ1v) is 6.44. The number of nitrogens with two attached hydrogens (primary N) is 2.